The fourth-order valence-corrected chi connectivity index (χ4v) is 1.43. The van der Waals surface area contributed by atoms with Crippen molar-refractivity contribution in [1.82, 2.24) is 10.6 Å². The smallest absolute Gasteiger partial charge is 0.205 e. The van der Waals surface area contributed by atoms with Gasteiger partial charge in [-0.3, -0.25) is 9.98 Å². The number of hydrogen-bond donors (Lipinski definition) is 2. The maximum Gasteiger partial charge on any atom is 0.205 e. The molecule has 6 nitrogen and oxygen atoms in total. The van der Waals surface area contributed by atoms with Gasteiger partial charge in [0, 0.05) is 13.1 Å². The van der Waals surface area contributed by atoms with E-state index in [9.17, 15) is 4.91 Å². The molecule has 0 fully saturated rings. The first kappa shape index (κ1) is 8.15. The molecule has 2 aliphatic heterocycles. The summed E-state index contributed by atoms with van der Waals surface area (Å²) in [4.78, 5) is 18.9. The van der Waals surface area contributed by atoms with Gasteiger partial charge in [-0.2, -0.15) is 0 Å². The van der Waals surface area contributed by atoms with E-state index in [4.69, 9.17) is 0 Å². The molecule has 0 amide bonds. The predicted molar refractivity (Wildman–Crippen MR) is 50.2 cm³/mol. The van der Waals surface area contributed by atoms with Crippen molar-refractivity contribution in [3.05, 3.63) is 4.91 Å². The zero-order valence-electron chi connectivity index (χ0n) is 7.16. The fourth-order valence-electron chi connectivity index (χ4n) is 1.43. The second-order valence-electron chi connectivity index (χ2n) is 2.90. The predicted octanol–water partition coefficient (Wildman–Crippen LogP) is -0.875. The van der Waals surface area contributed by atoms with E-state index in [2.05, 4.69) is 25.8 Å². The Morgan fingerprint density at radius 3 is 2.00 bits per heavy atom. The number of rotatable bonds is 3. The third-order valence-electron chi connectivity index (χ3n) is 2.02. The summed E-state index contributed by atoms with van der Waals surface area (Å²) in [6, 6.07) is -0.551. The normalized spacial score (nSPS) is 20.7. The van der Waals surface area contributed by atoms with Crippen LogP contribution in [0, 0.1) is 4.91 Å². The van der Waals surface area contributed by atoms with Crippen LogP contribution in [0.25, 0.3) is 0 Å². The van der Waals surface area contributed by atoms with Gasteiger partial charge in [0.2, 0.25) is 6.04 Å². The van der Waals surface area contributed by atoms with Gasteiger partial charge in [0.15, 0.2) is 0 Å². The Morgan fingerprint density at radius 1 is 1.15 bits per heavy atom. The van der Waals surface area contributed by atoms with Crippen LogP contribution in [-0.2, 0) is 0 Å². The molecule has 2 aliphatic rings. The molecule has 2 N–H and O–H groups in total. The Bertz CT molecular complexity index is 248. The van der Waals surface area contributed by atoms with E-state index in [1.807, 2.05) is 0 Å². The quantitative estimate of drug-likeness (QED) is 0.555. The first-order valence-electron chi connectivity index (χ1n) is 4.30. The lowest BCUT2D eigenvalue weighted by Crippen LogP contribution is -2.40. The molecule has 13 heavy (non-hydrogen) atoms. The summed E-state index contributed by atoms with van der Waals surface area (Å²) < 4.78 is 0. The van der Waals surface area contributed by atoms with Crippen LogP contribution in [-0.4, -0.2) is 43.9 Å². The standard InChI is InChI=1S/C7H11N5O/c13-12-5(6-8-1-2-9-6)7-10-3-4-11-7/h5H,1-4H2,(H,8,9)(H,10,11). The van der Waals surface area contributed by atoms with E-state index in [0.29, 0.717) is 24.8 Å². The van der Waals surface area contributed by atoms with Crippen molar-refractivity contribution in [2.24, 2.45) is 15.2 Å². The van der Waals surface area contributed by atoms with Crippen molar-refractivity contribution >= 4 is 11.7 Å². The summed E-state index contributed by atoms with van der Waals surface area (Å²) >= 11 is 0. The van der Waals surface area contributed by atoms with E-state index in [1.165, 1.54) is 0 Å². The highest BCUT2D eigenvalue weighted by Crippen LogP contribution is 2.02. The fraction of sp³-hybridized carbons (Fsp3) is 0.714. The van der Waals surface area contributed by atoms with Crippen molar-refractivity contribution in [2.75, 3.05) is 26.2 Å². The molecule has 0 saturated heterocycles. The van der Waals surface area contributed by atoms with Crippen LogP contribution in [0.3, 0.4) is 0 Å². The third-order valence-corrected chi connectivity index (χ3v) is 2.02. The summed E-state index contributed by atoms with van der Waals surface area (Å²) in [5.41, 5.74) is 0. The molecule has 2 rings (SSSR count). The minimum absolute atomic E-state index is 0.551. The number of hydrogen-bond acceptors (Lipinski definition) is 6. The summed E-state index contributed by atoms with van der Waals surface area (Å²) in [7, 11) is 0. The molecular weight excluding hydrogens is 170 g/mol. The molecule has 0 saturated carbocycles. The summed E-state index contributed by atoms with van der Waals surface area (Å²) in [5.74, 6) is 1.28. The average molecular weight is 181 g/mol. The summed E-state index contributed by atoms with van der Waals surface area (Å²) in [6.07, 6.45) is 0. The lowest BCUT2D eigenvalue weighted by Gasteiger charge is -2.09. The first-order chi connectivity index (χ1) is 6.42. The number of aliphatic imine (C=N–C) groups is 2. The maximum atomic E-state index is 10.6. The van der Waals surface area contributed by atoms with E-state index >= 15 is 0 Å². The lowest BCUT2D eigenvalue weighted by molar-refractivity contribution is 0.920. The molecule has 0 radical (unpaired) electrons. The molecule has 0 bridgehead atoms. The largest absolute Gasteiger partial charge is 0.370 e. The van der Waals surface area contributed by atoms with Crippen molar-refractivity contribution < 1.29 is 0 Å². The van der Waals surface area contributed by atoms with Gasteiger partial charge in [0.25, 0.3) is 0 Å². The van der Waals surface area contributed by atoms with Gasteiger partial charge in [-0.1, -0.05) is 5.18 Å². The third kappa shape index (κ3) is 1.51. The Kier molecular flexibility index (Phi) is 2.20. The second kappa shape index (κ2) is 3.51. The van der Waals surface area contributed by atoms with Crippen LogP contribution < -0.4 is 10.6 Å². The maximum absolute atomic E-state index is 10.6. The van der Waals surface area contributed by atoms with Crippen molar-refractivity contribution in [3.63, 3.8) is 0 Å². The van der Waals surface area contributed by atoms with Gasteiger partial charge in [-0.25, -0.2) is 0 Å². The van der Waals surface area contributed by atoms with Crippen LogP contribution in [0.15, 0.2) is 15.2 Å². The molecule has 0 spiro atoms. The van der Waals surface area contributed by atoms with Gasteiger partial charge in [-0.15, -0.1) is 4.91 Å². The number of nitroso groups, excluding NO2 is 1. The lowest BCUT2D eigenvalue weighted by atomic mass is 10.2. The highest BCUT2D eigenvalue weighted by atomic mass is 16.3. The van der Waals surface area contributed by atoms with Crippen molar-refractivity contribution in [2.45, 2.75) is 6.04 Å². The highest BCUT2D eigenvalue weighted by molar-refractivity contribution is 6.10. The highest BCUT2D eigenvalue weighted by Gasteiger charge is 2.26. The van der Waals surface area contributed by atoms with Crippen LogP contribution in [0.2, 0.25) is 0 Å². The molecule has 0 aromatic heterocycles. The van der Waals surface area contributed by atoms with Crippen LogP contribution in [0.4, 0.5) is 0 Å². The summed E-state index contributed by atoms with van der Waals surface area (Å²) in [5, 5.41) is 9.06. The van der Waals surface area contributed by atoms with Gasteiger partial charge in [0.05, 0.1) is 13.1 Å². The van der Waals surface area contributed by atoms with Crippen molar-refractivity contribution in [1.29, 1.82) is 0 Å². The molecule has 0 aromatic rings. The molecule has 2 heterocycles. The SMILES string of the molecule is O=NC(C1=NCCN1)C1=NCCN1. The topological polar surface area (TPSA) is 78.2 Å². The Morgan fingerprint density at radius 2 is 1.69 bits per heavy atom. The second-order valence-corrected chi connectivity index (χ2v) is 2.90. The van der Waals surface area contributed by atoms with E-state index in [-0.39, 0.29) is 0 Å². The van der Waals surface area contributed by atoms with Gasteiger partial charge >= 0.3 is 0 Å². The number of amidine groups is 2. The van der Waals surface area contributed by atoms with Crippen LogP contribution >= 0.6 is 0 Å². The molecular formula is C7H11N5O. The zero-order chi connectivity index (χ0) is 9.10. The Labute approximate surface area is 75.5 Å². The van der Waals surface area contributed by atoms with Gasteiger partial charge < -0.3 is 10.6 Å². The van der Waals surface area contributed by atoms with Gasteiger partial charge in [0.1, 0.15) is 11.7 Å². The average Bonchev–Trinajstić information content (AvgIpc) is 2.76. The zero-order valence-corrected chi connectivity index (χ0v) is 7.16. The number of nitrogens with one attached hydrogen (secondary N) is 2. The molecule has 0 aromatic carbocycles. The van der Waals surface area contributed by atoms with E-state index < -0.39 is 6.04 Å². The monoisotopic (exact) mass is 181 g/mol. The number of nitrogens with zero attached hydrogens (tertiary/aromatic N) is 3. The van der Waals surface area contributed by atoms with Crippen LogP contribution in [0.5, 0.6) is 0 Å². The van der Waals surface area contributed by atoms with E-state index in [1.54, 1.807) is 0 Å². The molecule has 0 atom stereocenters. The minimum Gasteiger partial charge on any atom is -0.370 e. The summed E-state index contributed by atoms with van der Waals surface area (Å²) in [6.45, 7) is 3.01. The minimum atomic E-state index is -0.551. The van der Waals surface area contributed by atoms with Crippen molar-refractivity contribution in [3.8, 4) is 0 Å². The molecule has 6 heteroatoms. The molecule has 0 unspecified atom stereocenters. The first-order valence-corrected chi connectivity index (χ1v) is 4.30. The van der Waals surface area contributed by atoms with Crippen LogP contribution in [0.1, 0.15) is 0 Å². The Hall–Kier alpha value is -1.46. The van der Waals surface area contributed by atoms with Gasteiger partial charge in [-0.05, 0) is 0 Å². The Balaban J connectivity index is 2.12. The molecule has 70 valence electrons. The van der Waals surface area contributed by atoms with E-state index in [0.717, 1.165) is 13.1 Å². The molecule has 0 aliphatic carbocycles.